The second kappa shape index (κ2) is 13.7. The standard InChI is InChI=1S/C31H42F2N2O5/c1-10-39-26(36)16-24(34-29(37)25(11-17(2)3)35-30(38)40-31(7,8)9)23-15-21(12-20(6)28(23)33)27-18(4)13-22(32)14-19(27)5/h12-15,17,24-25H,10-11,16H2,1-9H3,(H,34,37)(H,35,38)/t24-,25-/m0/s1. The smallest absolute Gasteiger partial charge is 0.408 e. The highest BCUT2D eigenvalue weighted by atomic mass is 19.1. The van der Waals surface area contributed by atoms with Crippen molar-refractivity contribution in [2.24, 2.45) is 5.92 Å². The van der Waals surface area contributed by atoms with E-state index in [0.717, 1.165) is 5.56 Å². The van der Waals surface area contributed by atoms with E-state index < -0.39 is 41.5 Å². The maximum atomic E-state index is 15.7. The van der Waals surface area contributed by atoms with Crippen molar-refractivity contribution in [3.8, 4) is 11.1 Å². The van der Waals surface area contributed by atoms with Crippen LogP contribution in [0.3, 0.4) is 0 Å². The first-order valence-corrected chi connectivity index (χ1v) is 13.5. The summed E-state index contributed by atoms with van der Waals surface area (Å²) in [5, 5.41) is 5.38. The summed E-state index contributed by atoms with van der Waals surface area (Å²) in [4.78, 5) is 38.5. The Hall–Kier alpha value is -3.49. The number of benzene rings is 2. The van der Waals surface area contributed by atoms with Crippen LogP contribution in [-0.2, 0) is 19.1 Å². The fraction of sp³-hybridized carbons (Fsp3) is 0.516. The summed E-state index contributed by atoms with van der Waals surface area (Å²) in [6.07, 6.45) is -0.810. The largest absolute Gasteiger partial charge is 0.466 e. The van der Waals surface area contributed by atoms with E-state index in [1.165, 1.54) is 12.1 Å². The van der Waals surface area contributed by atoms with Crippen LogP contribution >= 0.6 is 0 Å². The van der Waals surface area contributed by atoms with E-state index in [-0.39, 0.29) is 36.7 Å². The molecule has 2 amide bonds. The number of ether oxygens (including phenoxy) is 2. The van der Waals surface area contributed by atoms with E-state index in [4.69, 9.17) is 9.47 Å². The number of nitrogens with one attached hydrogen (secondary N) is 2. The predicted octanol–water partition coefficient (Wildman–Crippen LogP) is 6.61. The minimum absolute atomic E-state index is 0.0286. The third-order valence-corrected chi connectivity index (χ3v) is 6.15. The number of carbonyl (C=O) groups is 3. The van der Waals surface area contributed by atoms with Crippen molar-refractivity contribution in [2.75, 3.05) is 6.61 Å². The van der Waals surface area contributed by atoms with E-state index in [0.29, 0.717) is 22.3 Å². The molecule has 0 unspecified atom stereocenters. The van der Waals surface area contributed by atoms with Crippen molar-refractivity contribution < 1.29 is 32.6 Å². The Morgan fingerprint density at radius 2 is 1.52 bits per heavy atom. The van der Waals surface area contributed by atoms with Crippen LogP contribution in [0.4, 0.5) is 13.6 Å². The topological polar surface area (TPSA) is 93.7 Å². The van der Waals surface area contributed by atoms with Gasteiger partial charge in [0.15, 0.2) is 0 Å². The first-order chi connectivity index (χ1) is 18.5. The SMILES string of the molecule is CCOC(=O)C[C@H](NC(=O)[C@H](CC(C)C)NC(=O)OC(C)(C)C)c1cc(-c2c(C)cc(F)cc2C)cc(C)c1F. The third-order valence-electron chi connectivity index (χ3n) is 6.15. The minimum Gasteiger partial charge on any atom is -0.466 e. The number of carbonyl (C=O) groups excluding carboxylic acids is 3. The van der Waals surface area contributed by atoms with Crippen molar-refractivity contribution in [1.29, 1.82) is 0 Å². The second-order valence-electron chi connectivity index (χ2n) is 11.5. The molecule has 0 radical (unpaired) electrons. The van der Waals surface area contributed by atoms with Crippen molar-refractivity contribution in [3.63, 3.8) is 0 Å². The number of esters is 1. The van der Waals surface area contributed by atoms with Gasteiger partial charge in [0.25, 0.3) is 0 Å². The third kappa shape index (κ3) is 9.31. The zero-order chi connectivity index (χ0) is 30.4. The van der Waals surface area contributed by atoms with Crippen LogP contribution in [0.25, 0.3) is 11.1 Å². The van der Waals surface area contributed by atoms with E-state index in [2.05, 4.69) is 10.6 Å². The van der Waals surface area contributed by atoms with Crippen LogP contribution in [-0.4, -0.2) is 36.2 Å². The minimum atomic E-state index is -1.10. The molecule has 2 aromatic carbocycles. The number of amides is 2. The molecular formula is C31H42F2N2O5. The lowest BCUT2D eigenvalue weighted by Gasteiger charge is -2.27. The molecule has 40 heavy (non-hydrogen) atoms. The van der Waals surface area contributed by atoms with Crippen molar-refractivity contribution in [1.82, 2.24) is 10.6 Å². The van der Waals surface area contributed by atoms with E-state index in [1.54, 1.807) is 60.6 Å². The number of rotatable bonds is 10. The molecule has 0 fully saturated rings. The molecule has 0 saturated heterocycles. The molecule has 0 aliphatic carbocycles. The molecule has 7 nitrogen and oxygen atoms in total. The zero-order valence-electron chi connectivity index (χ0n) is 25.0. The van der Waals surface area contributed by atoms with Gasteiger partial charge in [-0.2, -0.15) is 0 Å². The van der Waals surface area contributed by atoms with Gasteiger partial charge in [-0.25, -0.2) is 13.6 Å². The van der Waals surface area contributed by atoms with Crippen LogP contribution in [0.15, 0.2) is 24.3 Å². The lowest BCUT2D eigenvalue weighted by molar-refractivity contribution is -0.144. The summed E-state index contributed by atoms with van der Waals surface area (Å²) in [5.74, 6) is -2.15. The molecule has 0 heterocycles. The molecule has 2 aromatic rings. The van der Waals surface area contributed by atoms with Crippen molar-refractivity contribution >= 4 is 18.0 Å². The quantitative estimate of drug-likeness (QED) is 0.319. The van der Waals surface area contributed by atoms with Gasteiger partial charge >= 0.3 is 12.1 Å². The molecule has 0 saturated carbocycles. The summed E-state index contributed by atoms with van der Waals surface area (Å²) < 4.78 is 40.1. The molecule has 2 rings (SSSR count). The summed E-state index contributed by atoms with van der Waals surface area (Å²) in [5.41, 5.74) is 2.30. The molecule has 0 aliphatic heterocycles. The Balaban J connectivity index is 2.55. The maximum absolute atomic E-state index is 15.7. The zero-order valence-corrected chi connectivity index (χ0v) is 25.0. The molecule has 0 aromatic heterocycles. The lowest BCUT2D eigenvalue weighted by Crippen LogP contribution is -2.49. The highest BCUT2D eigenvalue weighted by molar-refractivity contribution is 5.86. The molecule has 2 N–H and O–H groups in total. The molecule has 0 spiro atoms. The Bertz CT molecular complexity index is 1210. The summed E-state index contributed by atoms with van der Waals surface area (Å²) >= 11 is 0. The van der Waals surface area contributed by atoms with Gasteiger partial charge in [-0.3, -0.25) is 9.59 Å². The molecular weight excluding hydrogens is 518 g/mol. The lowest BCUT2D eigenvalue weighted by atomic mass is 9.90. The van der Waals surface area contributed by atoms with Crippen molar-refractivity contribution in [3.05, 3.63) is 58.2 Å². The molecule has 220 valence electrons. The Morgan fingerprint density at radius 1 is 0.925 bits per heavy atom. The summed E-state index contributed by atoms with van der Waals surface area (Å²) in [6.45, 7) is 15.8. The van der Waals surface area contributed by atoms with Gasteiger partial charge in [-0.1, -0.05) is 13.8 Å². The fourth-order valence-electron chi connectivity index (χ4n) is 4.61. The Kier molecular flexibility index (Phi) is 11.2. The Morgan fingerprint density at radius 3 is 2.05 bits per heavy atom. The number of hydrogen-bond acceptors (Lipinski definition) is 5. The first-order valence-electron chi connectivity index (χ1n) is 13.5. The van der Waals surface area contributed by atoms with E-state index in [9.17, 15) is 18.8 Å². The van der Waals surface area contributed by atoms with E-state index in [1.807, 2.05) is 13.8 Å². The fourth-order valence-corrected chi connectivity index (χ4v) is 4.61. The molecule has 0 bridgehead atoms. The van der Waals surface area contributed by atoms with Gasteiger partial charge in [-0.05, 0) is 113 Å². The van der Waals surface area contributed by atoms with Crippen LogP contribution in [0.2, 0.25) is 0 Å². The predicted molar refractivity (Wildman–Crippen MR) is 151 cm³/mol. The Labute approximate surface area is 236 Å². The van der Waals surface area contributed by atoms with Gasteiger partial charge in [0.1, 0.15) is 23.3 Å². The van der Waals surface area contributed by atoms with Crippen LogP contribution < -0.4 is 10.6 Å². The number of aryl methyl sites for hydroxylation is 3. The van der Waals surface area contributed by atoms with E-state index >= 15 is 4.39 Å². The van der Waals surface area contributed by atoms with Crippen molar-refractivity contribution in [2.45, 2.75) is 92.8 Å². The van der Waals surface area contributed by atoms with Crippen LogP contribution in [0, 0.1) is 38.3 Å². The number of hydrogen-bond donors (Lipinski definition) is 2. The average Bonchev–Trinajstić information content (AvgIpc) is 2.78. The van der Waals surface area contributed by atoms with Gasteiger partial charge in [0.05, 0.1) is 19.1 Å². The molecule has 9 heteroatoms. The maximum Gasteiger partial charge on any atom is 0.408 e. The van der Waals surface area contributed by atoms with Crippen LogP contribution in [0.1, 0.15) is 82.7 Å². The number of halogens is 2. The summed E-state index contributed by atoms with van der Waals surface area (Å²) in [7, 11) is 0. The van der Waals surface area contributed by atoms with Gasteiger partial charge in [0.2, 0.25) is 5.91 Å². The monoisotopic (exact) mass is 560 g/mol. The molecule has 0 aliphatic rings. The molecule has 2 atom stereocenters. The van der Waals surface area contributed by atoms with Crippen LogP contribution in [0.5, 0.6) is 0 Å². The highest BCUT2D eigenvalue weighted by Gasteiger charge is 2.30. The summed E-state index contributed by atoms with van der Waals surface area (Å²) in [6, 6.07) is 3.93. The van der Waals surface area contributed by atoms with Gasteiger partial charge in [0, 0.05) is 5.56 Å². The first kappa shape index (κ1) is 32.7. The highest BCUT2D eigenvalue weighted by Crippen LogP contribution is 2.34. The van der Waals surface area contributed by atoms with Gasteiger partial charge in [-0.15, -0.1) is 0 Å². The van der Waals surface area contributed by atoms with Gasteiger partial charge < -0.3 is 20.1 Å². The second-order valence-corrected chi connectivity index (χ2v) is 11.5. The number of alkyl carbamates (subject to hydrolysis) is 1. The normalized spacial score (nSPS) is 13.0. The average molecular weight is 561 g/mol.